The highest BCUT2D eigenvalue weighted by molar-refractivity contribution is 4.91. The summed E-state index contributed by atoms with van der Waals surface area (Å²) in [7, 11) is 1.80. The van der Waals surface area contributed by atoms with Crippen LogP contribution in [0.1, 0.15) is 32.1 Å². The Kier molecular flexibility index (Phi) is 2.37. The van der Waals surface area contributed by atoms with Crippen LogP contribution in [-0.4, -0.2) is 19.3 Å². The molecule has 2 nitrogen and oxygen atoms in total. The lowest BCUT2D eigenvalue weighted by molar-refractivity contribution is 0.0587. The van der Waals surface area contributed by atoms with Crippen molar-refractivity contribution >= 4 is 0 Å². The van der Waals surface area contributed by atoms with Crippen LogP contribution in [0, 0.1) is 11.8 Å². The van der Waals surface area contributed by atoms with Gasteiger partial charge in [0.2, 0.25) is 0 Å². The van der Waals surface area contributed by atoms with Gasteiger partial charge in [-0.15, -0.1) is 0 Å². The molecule has 0 heterocycles. The van der Waals surface area contributed by atoms with Gasteiger partial charge in [-0.2, -0.15) is 0 Å². The Hall–Kier alpha value is -0.0800. The first-order valence-corrected chi connectivity index (χ1v) is 5.09. The van der Waals surface area contributed by atoms with E-state index in [1.54, 1.807) is 7.11 Å². The van der Waals surface area contributed by atoms with E-state index in [-0.39, 0.29) is 0 Å². The van der Waals surface area contributed by atoms with E-state index in [1.165, 1.54) is 32.1 Å². The van der Waals surface area contributed by atoms with E-state index >= 15 is 0 Å². The summed E-state index contributed by atoms with van der Waals surface area (Å²) in [6, 6.07) is 0.301. The second-order valence-electron chi connectivity index (χ2n) is 4.38. The summed E-state index contributed by atoms with van der Waals surface area (Å²) in [4.78, 5) is 0. The molecule has 0 aliphatic heterocycles. The van der Waals surface area contributed by atoms with Crippen molar-refractivity contribution in [3.63, 3.8) is 0 Å². The van der Waals surface area contributed by atoms with Crippen molar-refractivity contribution < 1.29 is 4.74 Å². The first-order chi connectivity index (χ1) is 5.81. The number of ether oxygens (including phenoxy) is 1. The fourth-order valence-corrected chi connectivity index (χ4v) is 2.01. The van der Waals surface area contributed by atoms with Crippen LogP contribution in [0.3, 0.4) is 0 Å². The molecule has 2 atom stereocenters. The summed E-state index contributed by atoms with van der Waals surface area (Å²) in [6.45, 7) is 0. The number of rotatable bonds is 5. The molecule has 2 aliphatic rings. The molecule has 2 aliphatic carbocycles. The monoisotopic (exact) mass is 169 g/mol. The van der Waals surface area contributed by atoms with E-state index < -0.39 is 0 Å². The van der Waals surface area contributed by atoms with Crippen LogP contribution < -0.4 is 5.73 Å². The average Bonchev–Trinajstić information content (AvgIpc) is 2.80. The van der Waals surface area contributed by atoms with Gasteiger partial charge >= 0.3 is 0 Å². The molecule has 2 unspecified atom stereocenters. The molecule has 0 aromatic carbocycles. The van der Waals surface area contributed by atoms with E-state index in [1.807, 2.05) is 0 Å². The SMILES string of the molecule is COC(C(N)CC1CC1)C1CC1. The number of hydrogen-bond acceptors (Lipinski definition) is 2. The van der Waals surface area contributed by atoms with Gasteiger partial charge in [0.05, 0.1) is 6.10 Å². The van der Waals surface area contributed by atoms with Crippen molar-refractivity contribution in [2.24, 2.45) is 17.6 Å². The van der Waals surface area contributed by atoms with Crippen LogP contribution in [-0.2, 0) is 4.74 Å². The first-order valence-electron chi connectivity index (χ1n) is 5.09. The van der Waals surface area contributed by atoms with Crippen molar-refractivity contribution in [1.82, 2.24) is 0 Å². The van der Waals surface area contributed by atoms with E-state index in [9.17, 15) is 0 Å². The molecule has 0 aromatic rings. The summed E-state index contributed by atoms with van der Waals surface area (Å²) in [5.41, 5.74) is 6.09. The molecule has 2 N–H and O–H groups in total. The van der Waals surface area contributed by atoms with Gasteiger partial charge in [0.1, 0.15) is 0 Å². The Balaban J connectivity index is 1.77. The highest BCUT2D eigenvalue weighted by Crippen LogP contribution is 2.39. The van der Waals surface area contributed by atoms with Gasteiger partial charge in [-0.25, -0.2) is 0 Å². The summed E-state index contributed by atoms with van der Waals surface area (Å²) >= 11 is 0. The third-order valence-electron chi connectivity index (χ3n) is 3.08. The molecular weight excluding hydrogens is 150 g/mol. The topological polar surface area (TPSA) is 35.2 Å². The fraction of sp³-hybridized carbons (Fsp3) is 1.00. The molecule has 2 saturated carbocycles. The largest absolute Gasteiger partial charge is 0.380 e. The van der Waals surface area contributed by atoms with Crippen molar-refractivity contribution in [3.8, 4) is 0 Å². The van der Waals surface area contributed by atoms with Crippen LogP contribution in [0.25, 0.3) is 0 Å². The Labute approximate surface area is 74.5 Å². The highest BCUT2D eigenvalue weighted by Gasteiger charge is 2.37. The van der Waals surface area contributed by atoms with Crippen LogP contribution in [0.4, 0.5) is 0 Å². The lowest BCUT2D eigenvalue weighted by Crippen LogP contribution is -2.38. The zero-order chi connectivity index (χ0) is 8.55. The van der Waals surface area contributed by atoms with Crippen molar-refractivity contribution in [3.05, 3.63) is 0 Å². The first kappa shape index (κ1) is 8.52. The standard InChI is InChI=1S/C10H19NO/c1-12-10(8-4-5-8)9(11)6-7-2-3-7/h7-10H,2-6,11H2,1H3. The van der Waals surface area contributed by atoms with Crippen LogP contribution in [0.5, 0.6) is 0 Å². The molecule has 2 fully saturated rings. The second-order valence-corrected chi connectivity index (χ2v) is 4.38. The minimum absolute atomic E-state index is 0.301. The summed E-state index contributed by atoms with van der Waals surface area (Å²) < 4.78 is 5.44. The molecule has 2 rings (SSSR count). The third kappa shape index (κ3) is 1.99. The minimum Gasteiger partial charge on any atom is -0.380 e. The van der Waals surface area contributed by atoms with Gasteiger partial charge in [-0.1, -0.05) is 12.8 Å². The van der Waals surface area contributed by atoms with E-state index in [0.717, 1.165) is 11.8 Å². The molecule has 0 bridgehead atoms. The summed E-state index contributed by atoms with van der Waals surface area (Å²) in [6.07, 6.45) is 7.00. The Morgan fingerprint density at radius 1 is 1.33 bits per heavy atom. The normalized spacial score (nSPS) is 28.5. The van der Waals surface area contributed by atoms with Gasteiger partial charge in [0.25, 0.3) is 0 Å². The highest BCUT2D eigenvalue weighted by atomic mass is 16.5. The Morgan fingerprint density at radius 2 is 2.00 bits per heavy atom. The number of hydrogen-bond donors (Lipinski definition) is 1. The predicted octanol–water partition coefficient (Wildman–Crippen LogP) is 1.54. The molecule has 2 heteroatoms. The molecule has 0 spiro atoms. The summed E-state index contributed by atoms with van der Waals surface area (Å²) in [5, 5.41) is 0. The van der Waals surface area contributed by atoms with Gasteiger partial charge in [-0.3, -0.25) is 0 Å². The molecule has 0 saturated heterocycles. The van der Waals surface area contributed by atoms with E-state index in [2.05, 4.69) is 0 Å². The van der Waals surface area contributed by atoms with Crippen LogP contribution >= 0.6 is 0 Å². The van der Waals surface area contributed by atoms with Crippen LogP contribution in [0.2, 0.25) is 0 Å². The van der Waals surface area contributed by atoms with Crippen LogP contribution in [0.15, 0.2) is 0 Å². The smallest absolute Gasteiger partial charge is 0.0750 e. The molecule has 70 valence electrons. The molecule has 0 amide bonds. The van der Waals surface area contributed by atoms with Crippen molar-refractivity contribution in [1.29, 1.82) is 0 Å². The van der Waals surface area contributed by atoms with Gasteiger partial charge < -0.3 is 10.5 Å². The number of methoxy groups -OCH3 is 1. The fourth-order valence-electron chi connectivity index (χ4n) is 2.01. The molecular formula is C10H19NO. The maximum absolute atomic E-state index is 6.09. The molecule has 12 heavy (non-hydrogen) atoms. The zero-order valence-electron chi connectivity index (χ0n) is 7.83. The zero-order valence-corrected chi connectivity index (χ0v) is 7.83. The second kappa shape index (κ2) is 3.35. The molecule has 0 aromatic heterocycles. The molecule has 0 radical (unpaired) electrons. The Bertz CT molecular complexity index is 152. The minimum atomic E-state index is 0.301. The quantitative estimate of drug-likeness (QED) is 0.677. The third-order valence-corrected chi connectivity index (χ3v) is 3.08. The lowest BCUT2D eigenvalue weighted by atomic mass is 10.0. The van der Waals surface area contributed by atoms with Gasteiger partial charge in [-0.05, 0) is 31.1 Å². The van der Waals surface area contributed by atoms with Crippen molar-refractivity contribution in [2.75, 3.05) is 7.11 Å². The van der Waals surface area contributed by atoms with Gasteiger partial charge in [0, 0.05) is 13.2 Å². The maximum atomic E-state index is 6.09. The summed E-state index contributed by atoms with van der Waals surface area (Å²) in [5.74, 6) is 1.71. The van der Waals surface area contributed by atoms with E-state index in [4.69, 9.17) is 10.5 Å². The van der Waals surface area contributed by atoms with Crippen molar-refractivity contribution in [2.45, 2.75) is 44.2 Å². The predicted molar refractivity (Wildman–Crippen MR) is 48.8 cm³/mol. The Morgan fingerprint density at radius 3 is 2.42 bits per heavy atom. The maximum Gasteiger partial charge on any atom is 0.0750 e. The number of nitrogens with two attached hydrogens (primary N) is 1. The van der Waals surface area contributed by atoms with Gasteiger partial charge in [0.15, 0.2) is 0 Å². The van der Waals surface area contributed by atoms with E-state index in [0.29, 0.717) is 12.1 Å². The average molecular weight is 169 g/mol. The lowest BCUT2D eigenvalue weighted by Gasteiger charge is -2.22.